The third-order valence-corrected chi connectivity index (χ3v) is 6.59. The van der Waals surface area contributed by atoms with Gasteiger partial charge >= 0.3 is 6.18 Å². The van der Waals surface area contributed by atoms with Crippen molar-refractivity contribution in [2.24, 2.45) is 11.1 Å². The summed E-state index contributed by atoms with van der Waals surface area (Å²) in [4.78, 5) is 28.9. The lowest BCUT2D eigenvalue weighted by Gasteiger charge is -2.38. The van der Waals surface area contributed by atoms with Gasteiger partial charge in [-0.3, -0.25) is 9.59 Å². The summed E-state index contributed by atoms with van der Waals surface area (Å²) in [7, 11) is 0. The van der Waals surface area contributed by atoms with E-state index in [1.807, 2.05) is 0 Å². The van der Waals surface area contributed by atoms with Gasteiger partial charge in [0.05, 0.1) is 30.3 Å². The first kappa shape index (κ1) is 24.0. The second kappa shape index (κ2) is 8.14. The van der Waals surface area contributed by atoms with Gasteiger partial charge in [0.15, 0.2) is 0 Å². The van der Waals surface area contributed by atoms with Crippen LogP contribution in [0.4, 0.5) is 22.0 Å². The van der Waals surface area contributed by atoms with Crippen molar-refractivity contribution in [3.8, 4) is 22.6 Å². The molecule has 2 heterocycles. The van der Waals surface area contributed by atoms with Gasteiger partial charge in [0.1, 0.15) is 5.76 Å². The predicted octanol–water partition coefficient (Wildman–Crippen LogP) is 4.93. The topological polar surface area (TPSA) is 89.4 Å². The van der Waals surface area contributed by atoms with Gasteiger partial charge in [0.25, 0.3) is 11.8 Å². The Kier molecular flexibility index (Phi) is 5.42. The molecule has 2 aliphatic rings. The first-order valence-electron chi connectivity index (χ1n) is 11.1. The largest absolute Gasteiger partial charge is 0.441 e. The number of carbonyl (C=O) groups excluding carboxylic acids is 2. The van der Waals surface area contributed by atoms with Gasteiger partial charge in [-0.15, -0.1) is 0 Å². The number of rotatable bonds is 6. The Hall–Kier alpha value is -3.76. The number of nitrogens with two attached hydrogens (primary N) is 1. The molecule has 36 heavy (non-hydrogen) atoms. The van der Waals surface area contributed by atoms with E-state index in [-0.39, 0.29) is 34.8 Å². The van der Waals surface area contributed by atoms with E-state index in [1.54, 1.807) is 0 Å². The molecule has 1 saturated carbocycles. The maximum Gasteiger partial charge on any atom is 0.417 e. The van der Waals surface area contributed by atoms with Gasteiger partial charge in [-0.25, -0.2) is 13.8 Å². The fraction of sp³-hybridized carbons (Fsp3) is 0.320. The minimum Gasteiger partial charge on any atom is -0.441 e. The molecule has 6 nitrogen and oxygen atoms in total. The van der Waals surface area contributed by atoms with E-state index in [2.05, 4.69) is 4.98 Å². The van der Waals surface area contributed by atoms with Crippen molar-refractivity contribution in [2.75, 3.05) is 13.1 Å². The number of hydrogen-bond donors (Lipinski definition) is 1. The number of primary amides is 1. The Morgan fingerprint density at radius 3 is 2.22 bits per heavy atom. The molecule has 0 spiro atoms. The maximum absolute atomic E-state index is 13.9. The molecule has 1 aliphatic carbocycles. The third-order valence-electron chi connectivity index (χ3n) is 6.59. The van der Waals surface area contributed by atoms with Crippen LogP contribution in [0.1, 0.15) is 34.5 Å². The summed E-state index contributed by atoms with van der Waals surface area (Å²) in [5.74, 6) is -3.88. The SMILES string of the molecule is NC(=O)C1(Cc2cnc(-c3ccc(-c4ccc(C(=O)N5CC(F)(F)C5)cc4)cc3C(F)(F)F)o2)CC1. The number of benzene rings is 2. The molecule has 0 atom stereocenters. The van der Waals surface area contributed by atoms with Gasteiger partial charge in [-0.2, -0.15) is 13.2 Å². The molecule has 2 aromatic carbocycles. The number of amides is 2. The predicted molar refractivity (Wildman–Crippen MR) is 118 cm³/mol. The van der Waals surface area contributed by atoms with E-state index in [0.29, 0.717) is 18.4 Å². The van der Waals surface area contributed by atoms with Crippen molar-refractivity contribution >= 4 is 11.8 Å². The van der Waals surface area contributed by atoms with Crippen molar-refractivity contribution in [2.45, 2.75) is 31.4 Å². The zero-order chi connectivity index (χ0) is 25.9. The standard InChI is InChI=1S/C25H20F5N3O3/c26-24(27)12-33(13-24)21(34)15-3-1-14(2-4-15)16-5-6-18(19(9-16)25(28,29)30)20-32-11-17(36-20)10-23(7-8-23)22(31)35/h1-6,9,11H,7-8,10,12-13H2,(H2,31,35). The van der Waals surface area contributed by atoms with E-state index >= 15 is 0 Å². The van der Waals surface area contributed by atoms with Crippen LogP contribution in [0.25, 0.3) is 22.6 Å². The Balaban J connectivity index is 1.40. The van der Waals surface area contributed by atoms with Gasteiger partial charge in [-0.05, 0) is 48.2 Å². The summed E-state index contributed by atoms with van der Waals surface area (Å²) in [6.45, 7) is -1.31. The van der Waals surface area contributed by atoms with Crippen LogP contribution < -0.4 is 5.73 Å². The van der Waals surface area contributed by atoms with E-state index in [0.717, 1.165) is 11.0 Å². The van der Waals surface area contributed by atoms with Gasteiger partial charge in [0, 0.05) is 17.5 Å². The molecule has 2 N–H and O–H groups in total. The van der Waals surface area contributed by atoms with Crippen LogP contribution in [0.15, 0.2) is 53.1 Å². The average molecular weight is 505 g/mol. The molecule has 1 aliphatic heterocycles. The minimum absolute atomic E-state index is 0.165. The summed E-state index contributed by atoms with van der Waals surface area (Å²) < 4.78 is 73.5. The maximum atomic E-state index is 13.9. The second-order valence-electron chi connectivity index (χ2n) is 9.31. The number of nitrogens with zero attached hydrogens (tertiary/aromatic N) is 2. The molecule has 1 aromatic heterocycles. The molecule has 0 radical (unpaired) electrons. The van der Waals surface area contributed by atoms with Gasteiger partial charge in [-0.1, -0.05) is 18.2 Å². The number of alkyl halides is 5. The fourth-order valence-corrected chi connectivity index (χ4v) is 4.30. The van der Waals surface area contributed by atoms with Crippen LogP contribution in [0, 0.1) is 5.41 Å². The summed E-state index contributed by atoms with van der Waals surface area (Å²) >= 11 is 0. The molecule has 5 rings (SSSR count). The lowest BCUT2D eigenvalue weighted by molar-refractivity contribution is -0.137. The van der Waals surface area contributed by atoms with Crippen LogP contribution in [-0.2, 0) is 17.4 Å². The number of hydrogen-bond acceptors (Lipinski definition) is 4. The Labute approximate surface area is 201 Å². The van der Waals surface area contributed by atoms with Crippen molar-refractivity contribution in [1.82, 2.24) is 9.88 Å². The van der Waals surface area contributed by atoms with Crippen LogP contribution in [0.2, 0.25) is 0 Å². The summed E-state index contributed by atoms with van der Waals surface area (Å²) in [5, 5.41) is 0. The number of likely N-dealkylation sites (tertiary alicyclic amines) is 1. The van der Waals surface area contributed by atoms with E-state index < -0.39 is 48.0 Å². The zero-order valence-corrected chi connectivity index (χ0v) is 18.7. The molecular weight excluding hydrogens is 485 g/mol. The first-order chi connectivity index (χ1) is 16.9. The molecule has 2 amide bonds. The van der Waals surface area contributed by atoms with E-state index in [9.17, 15) is 31.5 Å². The summed E-state index contributed by atoms with van der Waals surface area (Å²) in [6, 6.07) is 9.37. The Morgan fingerprint density at radius 2 is 1.67 bits per heavy atom. The van der Waals surface area contributed by atoms with Crippen molar-refractivity contribution in [3.05, 3.63) is 65.5 Å². The molecule has 2 fully saturated rings. The van der Waals surface area contributed by atoms with Crippen LogP contribution in [0.3, 0.4) is 0 Å². The highest BCUT2D eigenvalue weighted by Crippen LogP contribution is 2.48. The van der Waals surface area contributed by atoms with Crippen LogP contribution >= 0.6 is 0 Å². The summed E-state index contributed by atoms with van der Waals surface area (Å²) in [5.41, 5.74) is 4.27. The number of carbonyl (C=O) groups is 2. The third kappa shape index (κ3) is 4.45. The molecular formula is C25H20F5N3O3. The number of aromatic nitrogens is 1. The van der Waals surface area contributed by atoms with Gasteiger partial charge < -0.3 is 15.1 Å². The fourth-order valence-electron chi connectivity index (χ4n) is 4.30. The minimum atomic E-state index is -4.72. The normalized spacial score (nSPS) is 18.0. The first-order valence-corrected chi connectivity index (χ1v) is 11.1. The van der Waals surface area contributed by atoms with Crippen LogP contribution in [0.5, 0.6) is 0 Å². The van der Waals surface area contributed by atoms with E-state index in [1.165, 1.54) is 42.6 Å². The molecule has 3 aromatic rings. The molecule has 0 unspecified atom stereocenters. The average Bonchev–Trinajstić information content (AvgIpc) is 3.45. The molecule has 1 saturated heterocycles. The highest BCUT2D eigenvalue weighted by molar-refractivity contribution is 5.95. The lowest BCUT2D eigenvalue weighted by Crippen LogP contribution is -2.58. The highest BCUT2D eigenvalue weighted by atomic mass is 19.4. The Bertz CT molecular complexity index is 1340. The van der Waals surface area contributed by atoms with Gasteiger partial charge in [0.2, 0.25) is 11.8 Å². The van der Waals surface area contributed by atoms with Crippen molar-refractivity contribution < 1.29 is 36.0 Å². The quantitative estimate of drug-likeness (QED) is 0.482. The lowest BCUT2D eigenvalue weighted by atomic mass is 9.97. The van der Waals surface area contributed by atoms with Crippen LogP contribution in [-0.4, -0.2) is 40.7 Å². The highest BCUT2D eigenvalue weighted by Gasteiger charge is 2.49. The van der Waals surface area contributed by atoms with E-state index in [4.69, 9.17) is 10.2 Å². The monoisotopic (exact) mass is 505 g/mol. The smallest absolute Gasteiger partial charge is 0.417 e. The second-order valence-corrected chi connectivity index (χ2v) is 9.31. The zero-order valence-electron chi connectivity index (χ0n) is 18.7. The number of halogens is 5. The van der Waals surface area contributed by atoms with Crippen molar-refractivity contribution in [3.63, 3.8) is 0 Å². The summed E-state index contributed by atoms with van der Waals surface area (Å²) in [6.07, 6.45) is -2.06. The molecule has 188 valence electrons. The molecule has 0 bridgehead atoms. The van der Waals surface area contributed by atoms with Crippen molar-refractivity contribution in [1.29, 1.82) is 0 Å². The Morgan fingerprint density at radius 1 is 1.03 bits per heavy atom. The molecule has 11 heteroatoms. The number of oxazole rings is 1.